The Morgan fingerprint density at radius 2 is 1.35 bits per heavy atom. The molecule has 0 radical (unpaired) electrons. The SMILES string of the molecule is CC(C)C[C@H](NC(=O)[C@@H](N)CCC(=O)O)C(=O)N[C@@H](Cc1c[nH]c2ccccc12)C(=O)N[C@@H](CCCNC(=N)N)C(=O)N1CCC[C@H]1C(=O)N[C@H](C(=O)N[C@@H](CCCNC(=N)N)C(=O)O)[C@@H](C)O. The Labute approximate surface area is 393 Å². The van der Waals surface area contributed by atoms with Crippen molar-refractivity contribution in [3.8, 4) is 0 Å². The second-order valence-electron chi connectivity index (χ2n) is 17.2. The Morgan fingerprint density at radius 3 is 1.94 bits per heavy atom. The van der Waals surface area contributed by atoms with Crippen molar-refractivity contribution >= 4 is 70.2 Å². The predicted molar refractivity (Wildman–Crippen MR) is 248 cm³/mol. The first kappa shape index (κ1) is 55.3. The second-order valence-corrected chi connectivity index (χ2v) is 17.2. The first-order chi connectivity index (χ1) is 32.1. The number of H-pyrrole nitrogens is 1. The molecule has 0 saturated carbocycles. The van der Waals surface area contributed by atoms with Crippen LogP contribution >= 0.6 is 0 Å². The van der Waals surface area contributed by atoms with Gasteiger partial charge in [0.2, 0.25) is 35.4 Å². The van der Waals surface area contributed by atoms with Crippen molar-refractivity contribution in [2.75, 3.05) is 19.6 Å². The van der Waals surface area contributed by atoms with Gasteiger partial charge in [0.15, 0.2) is 11.9 Å². The molecule has 68 heavy (non-hydrogen) atoms. The zero-order chi connectivity index (χ0) is 50.7. The van der Waals surface area contributed by atoms with Gasteiger partial charge in [0.25, 0.3) is 0 Å². The monoisotopic (exact) mass is 957 g/mol. The average molecular weight is 957 g/mol. The second kappa shape index (κ2) is 27.0. The number of carboxylic acids is 2. The molecule has 1 saturated heterocycles. The Kier molecular flexibility index (Phi) is 21.9. The molecule has 6 amide bonds. The van der Waals surface area contributed by atoms with Crippen LogP contribution in [0.3, 0.4) is 0 Å². The van der Waals surface area contributed by atoms with Crippen molar-refractivity contribution in [1.82, 2.24) is 47.1 Å². The zero-order valence-electron chi connectivity index (χ0n) is 38.6. The molecule has 25 heteroatoms. The molecule has 1 aromatic heterocycles. The number of hydrogen-bond acceptors (Lipinski definition) is 12. The van der Waals surface area contributed by atoms with E-state index >= 15 is 0 Å². The number of aliphatic hydroxyl groups is 1. The van der Waals surface area contributed by atoms with Gasteiger partial charge in [0.05, 0.1) is 12.1 Å². The zero-order valence-corrected chi connectivity index (χ0v) is 38.6. The number of nitrogens with one attached hydrogen (secondary N) is 10. The average Bonchev–Trinajstić information content (AvgIpc) is 3.93. The van der Waals surface area contributed by atoms with Crippen LogP contribution in [0.1, 0.15) is 84.1 Å². The van der Waals surface area contributed by atoms with E-state index in [1.807, 2.05) is 32.0 Å². The largest absolute Gasteiger partial charge is 0.481 e. The normalized spacial score (nSPS) is 16.5. The summed E-state index contributed by atoms with van der Waals surface area (Å²) in [6.07, 6.45) is 0.346. The molecule has 2 heterocycles. The highest BCUT2D eigenvalue weighted by atomic mass is 16.4. The van der Waals surface area contributed by atoms with Crippen LogP contribution in [0.25, 0.3) is 10.9 Å². The van der Waals surface area contributed by atoms with Gasteiger partial charge in [0, 0.05) is 49.6 Å². The summed E-state index contributed by atoms with van der Waals surface area (Å²) < 4.78 is 0. The van der Waals surface area contributed by atoms with Crippen LogP contribution in [0.2, 0.25) is 0 Å². The fraction of sp³-hybridized carbons (Fsp3) is 0.581. The molecular weight excluding hydrogens is 889 g/mol. The smallest absolute Gasteiger partial charge is 0.326 e. The van der Waals surface area contributed by atoms with Gasteiger partial charge >= 0.3 is 11.9 Å². The minimum absolute atomic E-state index is 0.0407. The van der Waals surface area contributed by atoms with Crippen LogP contribution in [0, 0.1) is 16.7 Å². The third-order valence-electron chi connectivity index (χ3n) is 11.2. The summed E-state index contributed by atoms with van der Waals surface area (Å²) in [4.78, 5) is 111. The third-order valence-corrected chi connectivity index (χ3v) is 11.2. The molecule has 376 valence electrons. The lowest BCUT2D eigenvalue weighted by molar-refractivity contribution is -0.144. The van der Waals surface area contributed by atoms with Gasteiger partial charge in [-0.25, -0.2) is 4.79 Å². The summed E-state index contributed by atoms with van der Waals surface area (Å²) in [5.74, 6) is -8.17. The standard InChI is InChI=1S/C43H68N14O11/c1-22(2)19-30(54-35(61)26(44)14-15-33(59)60)36(62)55-31(20-24-21-51-27-10-5-4-9-25(24)27)37(63)52-28(11-6-16-49-42(45)46)40(66)57-18-8-13-32(57)38(64)56-34(23(3)58)39(65)53-29(41(67)68)12-7-17-50-43(47)48/h4-5,9-10,21-23,26,28-32,34,51,58H,6-8,11-20,44H2,1-3H3,(H,52,63)(H,53,65)(H,54,61)(H,55,62)(H,56,64)(H,59,60)(H,67,68)(H4,45,46,49)(H4,47,48,50)/t23-,26+,28+,29+,30+,31+,32+,34+/m1/s1. The summed E-state index contributed by atoms with van der Waals surface area (Å²) in [5, 5.41) is 63.0. The molecule has 0 aliphatic carbocycles. The number of aliphatic hydroxyl groups excluding tert-OH is 1. The van der Waals surface area contributed by atoms with Gasteiger partial charge in [-0.1, -0.05) is 32.0 Å². The van der Waals surface area contributed by atoms with Gasteiger partial charge in [-0.15, -0.1) is 0 Å². The molecule has 0 spiro atoms. The molecule has 1 fully saturated rings. The first-order valence-electron chi connectivity index (χ1n) is 22.5. The number of hydrogen-bond donors (Lipinski definition) is 16. The highest BCUT2D eigenvalue weighted by Crippen LogP contribution is 2.22. The van der Waals surface area contributed by atoms with Crippen molar-refractivity contribution in [3.63, 3.8) is 0 Å². The van der Waals surface area contributed by atoms with Crippen LogP contribution in [0.4, 0.5) is 0 Å². The molecule has 19 N–H and O–H groups in total. The molecule has 0 unspecified atom stereocenters. The van der Waals surface area contributed by atoms with E-state index in [1.54, 1.807) is 12.3 Å². The maximum atomic E-state index is 14.5. The lowest BCUT2D eigenvalue weighted by atomic mass is 9.99. The van der Waals surface area contributed by atoms with Gasteiger partial charge in [-0.3, -0.25) is 44.4 Å². The first-order valence-corrected chi connectivity index (χ1v) is 22.5. The summed E-state index contributed by atoms with van der Waals surface area (Å²) in [6, 6.07) is -2.12. The van der Waals surface area contributed by atoms with Gasteiger partial charge in [0.1, 0.15) is 36.3 Å². The molecule has 1 aromatic carbocycles. The quantitative estimate of drug-likeness (QED) is 0.0235. The highest BCUT2D eigenvalue weighted by Gasteiger charge is 2.41. The summed E-state index contributed by atoms with van der Waals surface area (Å²) in [5.41, 5.74) is 18.1. The van der Waals surface area contributed by atoms with Crippen LogP contribution in [-0.2, 0) is 44.8 Å². The number of guanidine groups is 2. The molecule has 8 atom stereocenters. The Hall–Kier alpha value is -7.02. The Balaban J connectivity index is 1.91. The van der Waals surface area contributed by atoms with E-state index in [-0.39, 0.29) is 95.3 Å². The van der Waals surface area contributed by atoms with Crippen molar-refractivity contribution < 1.29 is 53.7 Å². The number of carbonyl (C=O) groups is 8. The molecule has 1 aliphatic heterocycles. The molecule has 3 rings (SSSR count). The van der Waals surface area contributed by atoms with Gasteiger partial charge < -0.3 is 79.6 Å². The number of carboxylic acid groups (broad SMARTS) is 2. The minimum atomic E-state index is -1.64. The lowest BCUT2D eigenvalue weighted by Crippen LogP contribution is -2.61. The number of amides is 6. The lowest BCUT2D eigenvalue weighted by Gasteiger charge is -2.31. The number of para-hydroxylation sites is 1. The molecule has 25 nitrogen and oxygen atoms in total. The number of nitrogens with two attached hydrogens (primary N) is 3. The van der Waals surface area contributed by atoms with Crippen molar-refractivity contribution in [3.05, 3.63) is 36.0 Å². The van der Waals surface area contributed by atoms with Crippen molar-refractivity contribution in [2.45, 2.75) is 133 Å². The number of rotatable bonds is 28. The minimum Gasteiger partial charge on any atom is -0.481 e. The number of aromatic nitrogens is 1. The number of nitrogens with zero attached hydrogens (tertiary/aromatic N) is 1. The van der Waals surface area contributed by atoms with E-state index in [1.165, 1.54) is 11.8 Å². The summed E-state index contributed by atoms with van der Waals surface area (Å²) >= 11 is 0. The number of carbonyl (C=O) groups excluding carboxylic acids is 6. The van der Waals surface area contributed by atoms with Gasteiger partial charge in [-0.05, 0) is 75.8 Å². The molecule has 2 aromatic rings. The van der Waals surface area contributed by atoms with E-state index in [2.05, 4.69) is 42.2 Å². The Morgan fingerprint density at radius 1 is 0.779 bits per heavy atom. The van der Waals surface area contributed by atoms with Crippen molar-refractivity contribution in [2.24, 2.45) is 23.1 Å². The summed E-state index contributed by atoms with van der Waals surface area (Å²) in [6.45, 7) is 5.16. The van der Waals surface area contributed by atoms with E-state index in [0.29, 0.717) is 12.0 Å². The van der Waals surface area contributed by atoms with Crippen LogP contribution in [0.5, 0.6) is 0 Å². The topological polar surface area (TPSA) is 426 Å². The highest BCUT2D eigenvalue weighted by molar-refractivity contribution is 5.98. The van der Waals surface area contributed by atoms with Crippen LogP contribution in [-0.4, -0.2) is 153 Å². The Bertz CT molecular complexity index is 2110. The van der Waals surface area contributed by atoms with E-state index in [4.69, 9.17) is 33.1 Å². The fourth-order valence-corrected chi connectivity index (χ4v) is 7.66. The predicted octanol–water partition coefficient (Wildman–Crippen LogP) is -2.64. The molecular formula is C43H68N14O11. The van der Waals surface area contributed by atoms with Crippen LogP contribution in [0.15, 0.2) is 30.5 Å². The maximum Gasteiger partial charge on any atom is 0.326 e. The maximum absolute atomic E-state index is 14.5. The van der Waals surface area contributed by atoms with Crippen molar-refractivity contribution in [1.29, 1.82) is 10.8 Å². The number of aromatic amines is 1. The fourth-order valence-electron chi connectivity index (χ4n) is 7.66. The van der Waals surface area contributed by atoms with E-state index in [9.17, 15) is 48.6 Å². The van der Waals surface area contributed by atoms with Crippen LogP contribution < -0.4 is 54.4 Å². The number of benzene rings is 1. The molecule has 0 bridgehead atoms. The molecule has 1 aliphatic rings. The number of likely N-dealkylation sites (tertiary alicyclic amines) is 1. The van der Waals surface area contributed by atoms with Gasteiger partial charge in [-0.2, -0.15) is 0 Å². The summed E-state index contributed by atoms with van der Waals surface area (Å²) in [7, 11) is 0. The van der Waals surface area contributed by atoms with E-state index < -0.39 is 95.8 Å². The number of aliphatic carboxylic acids is 2. The number of fused-ring (bicyclic) bond motifs is 1. The third kappa shape index (κ3) is 17.7. The van der Waals surface area contributed by atoms with E-state index in [0.717, 1.165) is 10.9 Å².